The number of carbonyl (C=O) groups excluding carboxylic acids is 2. The Kier molecular flexibility index (Phi) is 9.05. The molecule has 5 atom stereocenters. The molecular formula is C33H35F3N4O6S. The summed E-state index contributed by atoms with van der Waals surface area (Å²) >= 11 is 1.28. The van der Waals surface area contributed by atoms with Crippen molar-refractivity contribution in [2.75, 3.05) is 19.0 Å². The quantitative estimate of drug-likeness (QED) is 0.288. The molecule has 0 unspecified atom stereocenters. The molecular weight excluding hydrogens is 637 g/mol. The standard InChI is InChI=1S/C33H35F3N4O6S/c1-45-22-12-13-24-27(16-22)47-31(38-24)46-23-15-26-28(41)39-32(30(43)44)17-20(32)8-5-3-2-4-6-11-25(29(42)40(26)18-23)37-21-10-7-9-19(14-21)33(34,35)36/h5,7-10,12-14,16,20,23,25-26,37H,2-4,6,11,15,17-18H2,1H3,(H,39,41)(H,43,44)/t20-,23-,25+,26+,32-/m1/s1. The maximum atomic E-state index is 14.3. The number of carboxylic acids is 1. The molecule has 0 radical (unpaired) electrons. The normalized spacial score (nSPS) is 26.9. The molecule has 47 heavy (non-hydrogen) atoms. The van der Waals surface area contributed by atoms with Crippen LogP contribution in [0, 0.1) is 5.92 Å². The van der Waals surface area contributed by atoms with Crippen molar-refractivity contribution in [2.45, 2.75) is 74.8 Å². The smallest absolute Gasteiger partial charge is 0.416 e. The SMILES string of the molecule is COc1ccc2nc(O[C@@H]3C[C@H]4C(=O)N[C@]5(C(=O)O)C[C@H]5C=CCCCCC[C@H](Nc5cccc(C(F)(F)F)c5)C(=O)N4C3)sc2c1. The third kappa shape index (κ3) is 7.02. The fourth-order valence-corrected chi connectivity index (χ4v) is 7.25. The van der Waals surface area contributed by atoms with E-state index in [1.54, 1.807) is 19.2 Å². The van der Waals surface area contributed by atoms with Crippen molar-refractivity contribution in [3.8, 4) is 10.9 Å². The Balaban J connectivity index is 1.29. The summed E-state index contributed by atoms with van der Waals surface area (Å²) in [6.45, 7) is 0.000337. The second-order valence-corrected chi connectivity index (χ2v) is 13.2. The number of hydrogen-bond acceptors (Lipinski definition) is 8. The largest absolute Gasteiger partial charge is 0.497 e. The zero-order valence-electron chi connectivity index (χ0n) is 25.6. The molecule has 2 aliphatic heterocycles. The average molecular weight is 673 g/mol. The number of fused-ring (bicyclic) bond motifs is 3. The van der Waals surface area contributed by atoms with E-state index in [0.29, 0.717) is 35.7 Å². The van der Waals surface area contributed by atoms with Gasteiger partial charge in [-0.3, -0.25) is 9.59 Å². The number of methoxy groups -OCH3 is 1. The first-order valence-corrected chi connectivity index (χ1v) is 16.4. The van der Waals surface area contributed by atoms with Crippen LogP contribution in [-0.4, -0.2) is 70.2 Å². The molecule has 10 nitrogen and oxygen atoms in total. The number of nitrogens with zero attached hydrogens (tertiary/aromatic N) is 2. The van der Waals surface area contributed by atoms with Gasteiger partial charge in [-0.25, -0.2) is 9.78 Å². The Hall–Kier alpha value is -4.33. The van der Waals surface area contributed by atoms with Gasteiger partial charge in [-0.05, 0) is 62.1 Å². The van der Waals surface area contributed by atoms with E-state index in [0.717, 1.165) is 29.7 Å². The van der Waals surface area contributed by atoms with Crippen molar-refractivity contribution >= 4 is 45.0 Å². The monoisotopic (exact) mass is 672 g/mol. The molecule has 1 saturated heterocycles. The van der Waals surface area contributed by atoms with Gasteiger partial charge in [-0.15, -0.1) is 0 Å². The highest BCUT2D eigenvalue weighted by Crippen LogP contribution is 2.45. The molecule has 2 fully saturated rings. The average Bonchev–Trinajstić information content (AvgIpc) is 3.35. The summed E-state index contributed by atoms with van der Waals surface area (Å²) in [7, 11) is 1.56. The Bertz CT molecular complexity index is 1700. The van der Waals surface area contributed by atoms with Crippen molar-refractivity contribution in [3.05, 3.63) is 60.2 Å². The molecule has 2 aromatic carbocycles. The Labute approximate surface area is 272 Å². The highest BCUT2D eigenvalue weighted by atomic mass is 32.1. The van der Waals surface area contributed by atoms with Gasteiger partial charge in [0.1, 0.15) is 29.5 Å². The van der Waals surface area contributed by atoms with Crippen molar-refractivity contribution in [3.63, 3.8) is 0 Å². The highest BCUT2D eigenvalue weighted by Gasteiger charge is 2.61. The number of aliphatic carboxylic acids is 1. The maximum Gasteiger partial charge on any atom is 0.416 e. The predicted octanol–water partition coefficient (Wildman–Crippen LogP) is 5.63. The van der Waals surface area contributed by atoms with E-state index in [1.165, 1.54) is 28.4 Å². The Morgan fingerprint density at radius 2 is 2.00 bits per heavy atom. The third-order valence-electron chi connectivity index (χ3n) is 9.00. The molecule has 3 N–H and O–H groups in total. The molecule has 1 saturated carbocycles. The van der Waals surface area contributed by atoms with Gasteiger partial charge in [0.15, 0.2) is 0 Å². The number of halogens is 3. The Morgan fingerprint density at radius 1 is 1.17 bits per heavy atom. The van der Waals surface area contributed by atoms with Crippen LogP contribution in [0.4, 0.5) is 18.9 Å². The molecule has 3 heterocycles. The van der Waals surface area contributed by atoms with E-state index in [4.69, 9.17) is 9.47 Å². The number of carbonyl (C=O) groups is 3. The van der Waals surface area contributed by atoms with E-state index >= 15 is 0 Å². The number of rotatable bonds is 6. The van der Waals surface area contributed by atoms with Gasteiger partial charge in [0.25, 0.3) is 5.19 Å². The molecule has 3 aromatic rings. The summed E-state index contributed by atoms with van der Waals surface area (Å²) in [5.74, 6) is -1.97. The zero-order valence-corrected chi connectivity index (χ0v) is 26.4. The molecule has 3 aliphatic rings. The number of nitrogens with one attached hydrogen (secondary N) is 2. The molecule has 14 heteroatoms. The molecule has 1 aromatic heterocycles. The summed E-state index contributed by atoms with van der Waals surface area (Å²) in [5, 5.41) is 16.1. The first kappa shape index (κ1) is 32.6. The van der Waals surface area contributed by atoms with Gasteiger partial charge in [0, 0.05) is 18.0 Å². The van der Waals surface area contributed by atoms with E-state index in [-0.39, 0.29) is 31.0 Å². The van der Waals surface area contributed by atoms with Crippen molar-refractivity contribution < 1.29 is 42.1 Å². The number of anilines is 1. The van der Waals surface area contributed by atoms with E-state index in [1.807, 2.05) is 18.2 Å². The van der Waals surface area contributed by atoms with Crippen LogP contribution in [0.1, 0.15) is 50.5 Å². The number of hydrogen-bond donors (Lipinski definition) is 3. The fraction of sp³-hybridized carbons (Fsp3) is 0.455. The van der Waals surface area contributed by atoms with Gasteiger partial charge >= 0.3 is 12.1 Å². The second kappa shape index (κ2) is 13.1. The molecule has 1 aliphatic carbocycles. The third-order valence-corrected chi connectivity index (χ3v) is 9.90. The summed E-state index contributed by atoms with van der Waals surface area (Å²) in [6, 6.07) is 8.04. The molecule has 250 valence electrons. The number of aromatic nitrogens is 1. The lowest BCUT2D eigenvalue weighted by Crippen LogP contribution is -2.55. The zero-order chi connectivity index (χ0) is 33.3. The number of thiazole rings is 1. The first-order valence-electron chi connectivity index (χ1n) is 15.5. The van der Waals surface area contributed by atoms with E-state index in [9.17, 15) is 32.7 Å². The summed E-state index contributed by atoms with van der Waals surface area (Å²) < 4.78 is 52.8. The van der Waals surface area contributed by atoms with Crippen LogP contribution in [0.2, 0.25) is 0 Å². The highest BCUT2D eigenvalue weighted by molar-refractivity contribution is 7.20. The molecule has 2 amide bonds. The molecule has 0 spiro atoms. The minimum atomic E-state index is -4.56. The van der Waals surface area contributed by atoms with Crippen LogP contribution in [0.3, 0.4) is 0 Å². The van der Waals surface area contributed by atoms with Gasteiger partial charge in [0.05, 0.1) is 29.4 Å². The molecule has 6 rings (SSSR count). The number of amides is 2. The van der Waals surface area contributed by atoms with E-state index < -0.39 is 53.2 Å². The lowest BCUT2D eigenvalue weighted by Gasteiger charge is -2.30. The second-order valence-electron chi connectivity index (χ2n) is 12.2. The Morgan fingerprint density at radius 3 is 2.77 bits per heavy atom. The minimum Gasteiger partial charge on any atom is -0.497 e. The van der Waals surface area contributed by atoms with Crippen molar-refractivity contribution in [1.82, 2.24) is 15.2 Å². The van der Waals surface area contributed by atoms with Crippen LogP contribution in [-0.2, 0) is 20.6 Å². The van der Waals surface area contributed by atoms with Gasteiger partial charge in [-0.1, -0.05) is 42.4 Å². The lowest BCUT2D eigenvalue weighted by molar-refractivity contribution is -0.145. The number of benzene rings is 2. The number of allylic oxidation sites excluding steroid dienone is 1. The number of carboxylic acid groups (broad SMARTS) is 1. The van der Waals surface area contributed by atoms with Crippen molar-refractivity contribution in [1.29, 1.82) is 0 Å². The van der Waals surface area contributed by atoms with Gasteiger partial charge in [-0.2, -0.15) is 13.2 Å². The van der Waals surface area contributed by atoms with Crippen LogP contribution in [0.15, 0.2) is 54.6 Å². The van der Waals surface area contributed by atoms with Crippen molar-refractivity contribution in [2.24, 2.45) is 5.92 Å². The summed E-state index contributed by atoms with van der Waals surface area (Å²) in [6.07, 6.45) is 2.01. The minimum absolute atomic E-state index is 0.000337. The lowest BCUT2D eigenvalue weighted by atomic mass is 10.0. The topological polar surface area (TPSA) is 130 Å². The first-order chi connectivity index (χ1) is 22.5. The van der Waals surface area contributed by atoms with E-state index in [2.05, 4.69) is 15.6 Å². The number of alkyl halides is 3. The van der Waals surface area contributed by atoms with Crippen LogP contribution < -0.4 is 20.1 Å². The number of ether oxygens (including phenoxy) is 2. The van der Waals surface area contributed by atoms with Crippen LogP contribution in [0.25, 0.3) is 10.2 Å². The van der Waals surface area contributed by atoms with Crippen LogP contribution in [0.5, 0.6) is 10.9 Å². The van der Waals surface area contributed by atoms with Gasteiger partial charge < -0.3 is 30.1 Å². The summed E-state index contributed by atoms with van der Waals surface area (Å²) in [5.41, 5.74) is -1.50. The van der Waals surface area contributed by atoms with Gasteiger partial charge in [0.2, 0.25) is 11.8 Å². The summed E-state index contributed by atoms with van der Waals surface area (Å²) in [4.78, 5) is 46.3. The van der Waals surface area contributed by atoms with Crippen LogP contribution >= 0.6 is 11.3 Å². The predicted molar refractivity (Wildman–Crippen MR) is 168 cm³/mol. The maximum absolute atomic E-state index is 14.3. The molecule has 0 bridgehead atoms. The fourth-order valence-electron chi connectivity index (χ4n) is 6.34.